The zero-order valence-electron chi connectivity index (χ0n) is 11.7. The largest absolute Gasteiger partial charge is 0.481 e. The molecule has 2 saturated heterocycles. The number of carboxylic acid groups (broad SMARTS) is 1. The number of ether oxygens (including phenoxy) is 1. The van der Waals surface area contributed by atoms with E-state index in [0.29, 0.717) is 24.6 Å². The van der Waals surface area contributed by atoms with Crippen molar-refractivity contribution in [2.45, 2.75) is 52.2 Å². The fraction of sp³-hybridized carbons (Fsp3) is 0.929. The fourth-order valence-electron chi connectivity index (χ4n) is 3.09. The van der Waals surface area contributed by atoms with E-state index in [1.165, 1.54) is 0 Å². The van der Waals surface area contributed by atoms with Crippen LogP contribution in [0.3, 0.4) is 0 Å². The molecule has 104 valence electrons. The minimum absolute atomic E-state index is 0.334. The summed E-state index contributed by atoms with van der Waals surface area (Å²) >= 11 is 0. The molecule has 3 unspecified atom stereocenters. The third kappa shape index (κ3) is 2.69. The van der Waals surface area contributed by atoms with E-state index >= 15 is 0 Å². The second kappa shape index (κ2) is 5.17. The molecule has 0 aliphatic carbocycles. The highest BCUT2D eigenvalue weighted by atomic mass is 16.5. The Morgan fingerprint density at radius 3 is 2.78 bits per heavy atom. The van der Waals surface area contributed by atoms with Gasteiger partial charge < -0.3 is 9.84 Å². The highest BCUT2D eigenvalue weighted by molar-refractivity contribution is 5.74. The summed E-state index contributed by atoms with van der Waals surface area (Å²) in [6.45, 7) is 8.68. The van der Waals surface area contributed by atoms with Crippen molar-refractivity contribution in [2.24, 2.45) is 11.3 Å². The molecule has 2 aliphatic heterocycles. The van der Waals surface area contributed by atoms with Gasteiger partial charge >= 0.3 is 5.97 Å². The lowest BCUT2D eigenvalue weighted by atomic mass is 9.90. The van der Waals surface area contributed by atoms with Crippen molar-refractivity contribution in [3.8, 4) is 0 Å². The van der Waals surface area contributed by atoms with Crippen LogP contribution in [0.4, 0.5) is 0 Å². The Labute approximate surface area is 109 Å². The zero-order chi connectivity index (χ0) is 13.3. The van der Waals surface area contributed by atoms with Gasteiger partial charge in [-0.3, -0.25) is 9.69 Å². The summed E-state index contributed by atoms with van der Waals surface area (Å²) < 4.78 is 5.79. The monoisotopic (exact) mass is 255 g/mol. The maximum atomic E-state index is 11.3. The molecule has 1 N–H and O–H groups in total. The van der Waals surface area contributed by atoms with Crippen molar-refractivity contribution in [2.75, 3.05) is 19.7 Å². The number of rotatable bonds is 3. The number of carbonyl (C=O) groups is 1. The summed E-state index contributed by atoms with van der Waals surface area (Å²) in [5.74, 6) is -0.112. The van der Waals surface area contributed by atoms with Crippen molar-refractivity contribution in [3.05, 3.63) is 0 Å². The van der Waals surface area contributed by atoms with E-state index in [1.807, 2.05) is 6.92 Å². The summed E-state index contributed by atoms with van der Waals surface area (Å²) in [6, 6.07) is 0.507. The second-order valence-corrected chi connectivity index (χ2v) is 6.42. The number of hydrogen-bond donors (Lipinski definition) is 1. The van der Waals surface area contributed by atoms with E-state index in [1.54, 1.807) is 0 Å². The van der Waals surface area contributed by atoms with Gasteiger partial charge in [-0.05, 0) is 38.6 Å². The van der Waals surface area contributed by atoms with Crippen LogP contribution in [0.2, 0.25) is 0 Å². The molecule has 2 rings (SSSR count). The number of aliphatic carboxylic acids is 1. The summed E-state index contributed by atoms with van der Waals surface area (Å²) in [5.41, 5.74) is -0.550. The first kappa shape index (κ1) is 13.8. The minimum atomic E-state index is -0.655. The van der Waals surface area contributed by atoms with Crippen molar-refractivity contribution in [1.29, 1.82) is 0 Å². The second-order valence-electron chi connectivity index (χ2n) is 6.42. The molecule has 0 aromatic heterocycles. The molecule has 2 fully saturated rings. The average Bonchev–Trinajstić information content (AvgIpc) is 2.73. The third-order valence-corrected chi connectivity index (χ3v) is 4.57. The first-order chi connectivity index (χ1) is 8.42. The van der Waals surface area contributed by atoms with Gasteiger partial charge in [-0.2, -0.15) is 0 Å². The molecule has 4 heteroatoms. The lowest BCUT2D eigenvalue weighted by molar-refractivity contribution is -0.147. The number of likely N-dealkylation sites (tertiary alicyclic amines) is 1. The SMILES string of the molecule is CC(C)C1CC(N2CCC(C)(C(=O)O)C2)CCO1. The molecule has 4 nitrogen and oxygen atoms in total. The third-order valence-electron chi connectivity index (χ3n) is 4.57. The van der Waals surface area contributed by atoms with Gasteiger partial charge in [0.25, 0.3) is 0 Å². The van der Waals surface area contributed by atoms with Crippen LogP contribution in [-0.4, -0.2) is 47.8 Å². The smallest absolute Gasteiger partial charge is 0.310 e. The average molecular weight is 255 g/mol. The predicted octanol–water partition coefficient (Wildman–Crippen LogP) is 1.99. The van der Waals surface area contributed by atoms with E-state index in [4.69, 9.17) is 4.74 Å². The fourth-order valence-corrected chi connectivity index (χ4v) is 3.09. The molecule has 0 amide bonds. The Hall–Kier alpha value is -0.610. The van der Waals surface area contributed by atoms with Crippen LogP contribution in [0.15, 0.2) is 0 Å². The molecule has 0 radical (unpaired) electrons. The van der Waals surface area contributed by atoms with Gasteiger partial charge in [0.1, 0.15) is 0 Å². The quantitative estimate of drug-likeness (QED) is 0.838. The van der Waals surface area contributed by atoms with Crippen LogP contribution in [0, 0.1) is 11.3 Å². The van der Waals surface area contributed by atoms with Gasteiger partial charge in [-0.15, -0.1) is 0 Å². The van der Waals surface area contributed by atoms with Crippen molar-refractivity contribution in [1.82, 2.24) is 4.90 Å². The van der Waals surface area contributed by atoms with Crippen LogP contribution in [0.25, 0.3) is 0 Å². The summed E-state index contributed by atoms with van der Waals surface area (Å²) in [5, 5.41) is 9.28. The lowest BCUT2D eigenvalue weighted by Crippen LogP contribution is -2.44. The molecule has 0 aromatic rings. The zero-order valence-corrected chi connectivity index (χ0v) is 11.7. The Morgan fingerprint density at radius 1 is 1.50 bits per heavy atom. The van der Waals surface area contributed by atoms with E-state index < -0.39 is 11.4 Å². The van der Waals surface area contributed by atoms with Crippen molar-refractivity contribution >= 4 is 5.97 Å². The molecule has 3 atom stereocenters. The molecule has 0 spiro atoms. The van der Waals surface area contributed by atoms with Gasteiger partial charge in [-0.1, -0.05) is 13.8 Å². The Kier molecular flexibility index (Phi) is 3.97. The molecular formula is C14H25NO3. The molecule has 0 aromatic carbocycles. The van der Waals surface area contributed by atoms with Gasteiger partial charge in [0.2, 0.25) is 0 Å². The number of carboxylic acids is 1. The van der Waals surface area contributed by atoms with Gasteiger partial charge in [0, 0.05) is 19.2 Å². The molecular weight excluding hydrogens is 230 g/mol. The van der Waals surface area contributed by atoms with Crippen LogP contribution < -0.4 is 0 Å². The maximum Gasteiger partial charge on any atom is 0.310 e. The molecule has 0 saturated carbocycles. The normalized spacial score (nSPS) is 38.2. The van der Waals surface area contributed by atoms with Gasteiger partial charge in [0.15, 0.2) is 0 Å². The van der Waals surface area contributed by atoms with Crippen LogP contribution in [-0.2, 0) is 9.53 Å². The summed E-state index contributed by atoms with van der Waals surface area (Å²) in [6.07, 6.45) is 3.19. The Morgan fingerprint density at radius 2 is 2.22 bits per heavy atom. The Bertz CT molecular complexity index is 318. The van der Waals surface area contributed by atoms with Crippen LogP contribution in [0.5, 0.6) is 0 Å². The lowest BCUT2D eigenvalue weighted by Gasteiger charge is -2.37. The Balaban J connectivity index is 1.95. The first-order valence-electron chi connectivity index (χ1n) is 7.01. The molecule has 0 bridgehead atoms. The van der Waals surface area contributed by atoms with Gasteiger partial charge in [-0.25, -0.2) is 0 Å². The first-order valence-corrected chi connectivity index (χ1v) is 7.01. The highest BCUT2D eigenvalue weighted by Crippen LogP contribution is 2.34. The molecule has 18 heavy (non-hydrogen) atoms. The van der Waals surface area contributed by atoms with E-state index in [9.17, 15) is 9.90 Å². The van der Waals surface area contributed by atoms with E-state index in [2.05, 4.69) is 18.7 Å². The minimum Gasteiger partial charge on any atom is -0.481 e. The van der Waals surface area contributed by atoms with E-state index in [-0.39, 0.29) is 0 Å². The van der Waals surface area contributed by atoms with Crippen LogP contribution >= 0.6 is 0 Å². The summed E-state index contributed by atoms with van der Waals surface area (Å²) in [4.78, 5) is 13.6. The predicted molar refractivity (Wildman–Crippen MR) is 69.5 cm³/mol. The maximum absolute atomic E-state index is 11.3. The molecule has 2 heterocycles. The summed E-state index contributed by atoms with van der Waals surface area (Å²) in [7, 11) is 0. The van der Waals surface area contributed by atoms with Crippen molar-refractivity contribution < 1.29 is 14.6 Å². The molecule has 2 aliphatic rings. The number of hydrogen-bond acceptors (Lipinski definition) is 3. The van der Waals surface area contributed by atoms with E-state index in [0.717, 1.165) is 32.4 Å². The standard InChI is InChI=1S/C14H25NO3/c1-10(2)12-8-11(4-7-18-12)15-6-5-14(3,9-15)13(16)17/h10-12H,4-9H2,1-3H3,(H,16,17). The van der Waals surface area contributed by atoms with Gasteiger partial charge in [0.05, 0.1) is 11.5 Å². The van der Waals surface area contributed by atoms with Crippen molar-refractivity contribution in [3.63, 3.8) is 0 Å². The van der Waals surface area contributed by atoms with Crippen LogP contribution in [0.1, 0.15) is 40.0 Å². The number of nitrogens with zero attached hydrogens (tertiary/aromatic N) is 1. The topological polar surface area (TPSA) is 49.8 Å². The highest BCUT2D eigenvalue weighted by Gasteiger charge is 2.43.